The van der Waals surface area contributed by atoms with Crippen molar-refractivity contribution in [3.05, 3.63) is 0 Å². The molecule has 1 unspecified atom stereocenters. The molecule has 0 aromatic heterocycles. The van der Waals surface area contributed by atoms with Crippen LogP contribution in [-0.2, 0) is 9.36 Å². The SMILES string of the molecule is CC(N)N(CC(=O)O)P(=O)(O)O. The van der Waals surface area contributed by atoms with Crippen LogP contribution in [-0.4, -0.2) is 38.2 Å². The molecule has 5 N–H and O–H groups in total. The van der Waals surface area contributed by atoms with Crippen molar-refractivity contribution in [2.75, 3.05) is 6.54 Å². The first-order valence-corrected chi connectivity index (χ1v) is 4.61. The van der Waals surface area contributed by atoms with Gasteiger partial charge in [0.05, 0.1) is 6.17 Å². The summed E-state index contributed by atoms with van der Waals surface area (Å²) >= 11 is 0. The Bertz CT molecular complexity index is 211. The summed E-state index contributed by atoms with van der Waals surface area (Å²) in [5.74, 6) is -1.34. The van der Waals surface area contributed by atoms with E-state index < -0.39 is 26.4 Å². The van der Waals surface area contributed by atoms with Gasteiger partial charge in [-0.05, 0) is 6.92 Å². The molecule has 0 radical (unpaired) electrons. The van der Waals surface area contributed by atoms with Crippen LogP contribution in [0, 0.1) is 0 Å². The van der Waals surface area contributed by atoms with Crippen LogP contribution in [0.3, 0.4) is 0 Å². The second-order valence-corrected chi connectivity index (χ2v) is 3.79. The number of rotatable bonds is 4. The van der Waals surface area contributed by atoms with Crippen molar-refractivity contribution in [3.8, 4) is 0 Å². The third-order valence-corrected chi connectivity index (χ3v) is 2.28. The maximum Gasteiger partial charge on any atom is 0.404 e. The van der Waals surface area contributed by atoms with E-state index in [0.717, 1.165) is 0 Å². The van der Waals surface area contributed by atoms with Crippen LogP contribution in [0.2, 0.25) is 0 Å². The van der Waals surface area contributed by atoms with Crippen LogP contribution >= 0.6 is 7.75 Å². The van der Waals surface area contributed by atoms with Gasteiger partial charge in [-0.1, -0.05) is 0 Å². The molecule has 12 heavy (non-hydrogen) atoms. The minimum absolute atomic E-state index is 0.398. The minimum Gasteiger partial charge on any atom is -0.480 e. The number of hydrogen-bond donors (Lipinski definition) is 4. The zero-order valence-corrected chi connectivity index (χ0v) is 7.31. The summed E-state index contributed by atoms with van der Waals surface area (Å²) in [5.41, 5.74) is 5.14. The Hall–Kier alpha value is -0.460. The van der Waals surface area contributed by atoms with E-state index in [1.807, 2.05) is 0 Å². The van der Waals surface area contributed by atoms with Crippen LogP contribution in [0.25, 0.3) is 0 Å². The molecule has 1 atom stereocenters. The lowest BCUT2D eigenvalue weighted by Crippen LogP contribution is -2.40. The fourth-order valence-electron chi connectivity index (χ4n) is 0.612. The Morgan fingerprint density at radius 1 is 1.67 bits per heavy atom. The largest absolute Gasteiger partial charge is 0.480 e. The fourth-order valence-corrected chi connectivity index (χ4v) is 1.39. The van der Waals surface area contributed by atoms with Crippen LogP contribution in [0.5, 0.6) is 0 Å². The van der Waals surface area contributed by atoms with Crippen molar-refractivity contribution in [3.63, 3.8) is 0 Å². The van der Waals surface area contributed by atoms with E-state index >= 15 is 0 Å². The maximum atomic E-state index is 10.6. The lowest BCUT2D eigenvalue weighted by molar-refractivity contribution is -0.137. The third kappa shape index (κ3) is 3.80. The number of nitrogens with two attached hydrogens (primary N) is 1. The summed E-state index contributed by atoms with van der Waals surface area (Å²) in [5, 5.41) is 8.26. The van der Waals surface area contributed by atoms with Crippen LogP contribution in [0.15, 0.2) is 0 Å². The van der Waals surface area contributed by atoms with Gasteiger partial charge in [-0.3, -0.25) is 4.79 Å². The molecular weight excluding hydrogens is 187 g/mol. The molecule has 8 heteroatoms. The first-order chi connectivity index (χ1) is 5.25. The Labute approximate surface area is 69.0 Å². The van der Waals surface area contributed by atoms with Gasteiger partial charge in [0, 0.05) is 0 Å². The average Bonchev–Trinajstić information content (AvgIpc) is 1.79. The first-order valence-electron chi connectivity index (χ1n) is 3.05. The Kier molecular flexibility index (Phi) is 3.82. The molecule has 0 aliphatic carbocycles. The van der Waals surface area contributed by atoms with Gasteiger partial charge in [0.15, 0.2) is 0 Å². The van der Waals surface area contributed by atoms with E-state index in [0.29, 0.717) is 4.67 Å². The molecular formula is C4H11N2O5P. The highest BCUT2D eigenvalue weighted by Gasteiger charge is 2.30. The molecule has 0 saturated carbocycles. The quantitative estimate of drug-likeness (QED) is 0.329. The Morgan fingerprint density at radius 3 is 2.17 bits per heavy atom. The molecule has 0 rings (SSSR count). The number of carboxylic acids is 1. The van der Waals surface area contributed by atoms with Crippen molar-refractivity contribution in [2.45, 2.75) is 13.1 Å². The van der Waals surface area contributed by atoms with Gasteiger partial charge >= 0.3 is 13.7 Å². The zero-order chi connectivity index (χ0) is 9.94. The smallest absolute Gasteiger partial charge is 0.404 e. The van der Waals surface area contributed by atoms with Crippen molar-refractivity contribution >= 4 is 13.7 Å². The second kappa shape index (κ2) is 3.97. The summed E-state index contributed by atoms with van der Waals surface area (Å²) < 4.78 is 11.0. The lowest BCUT2D eigenvalue weighted by atomic mass is 10.5. The Morgan fingerprint density at radius 2 is 2.08 bits per heavy atom. The summed E-state index contributed by atoms with van der Waals surface area (Å²) in [4.78, 5) is 27.3. The molecule has 7 nitrogen and oxygen atoms in total. The van der Waals surface area contributed by atoms with Crippen molar-refractivity contribution in [1.82, 2.24) is 4.67 Å². The molecule has 0 bridgehead atoms. The highest BCUT2D eigenvalue weighted by molar-refractivity contribution is 7.49. The van der Waals surface area contributed by atoms with Crippen molar-refractivity contribution in [1.29, 1.82) is 0 Å². The topological polar surface area (TPSA) is 124 Å². The molecule has 0 saturated heterocycles. The second-order valence-electron chi connectivity index (χ2n) is 2.25. The van der Waals surface area contributed by atoms with Crippen molar-refractivity contribution < 1.29 is 24.3 Å². The number of aliphatic carboxylic acids is 1. The van der Waals surface area contributed by atoms with E-state index in [2.05, 4.69) is 0 Å². The molecule has 0 aromatic rings. The minimum atomic E-state index is -4.56. The van der Waals surface area contributed by atoms with Crippen LogP contribution < -0.4 is 5.73 Å². The molecule has 72 valence electrons. The van der Waals surface area contributed by atoms with E-state index in [4.69, 9.17) is 20.6 Å². The monoisotopic (exact) mass is 198 g/mol. The van der Waals surface area contributed by atoms with Gasteiger partial charge in [-0.15, -0.1) is 0 Å². The van der Waals surface area contributed by atoms with E-state index in [1.165, 1.54) is 6.92 Å². The average molecular weight is 198 g/mol. The van der Waals surface area contributed by atoms with Crippen LogP contribution in [0.1, 0.15) is 6.92 Å². The molecule has 0 fully saturated rings. The van der Waals surface area contributed by atoms with Gasteiger partial charge < -0.3 is 20.6 Å². The molecule has 0 aliphatic heterocycles. The highest BCUT2D eigenvalue weighted by Crippen LogP contribution is 2.40. The maximum absolute atomic E-state index is 10.6. The van der Waals surface area contributed by atoms with Gasteiger partial charge in [0.2, 0.25) is 0 Å². The standard InChI is InChI=1S/C4H11N2O5P/c1-3(5)6(2-4(7)8)12(9,10)11/h3H,2,5H2,1H3,(H,7,8)(H2,9,10,11). The molecule has 0 heterocycles. The van der Waals surface area contributed by atoms with E-state index in [1.54, 1.807) is 0 Å². The third-order valence-electron chi connectivity index (χ3n) is 1.10. The predicted octanol–water partition coefficient (Wildman–Crippen LogP) is -1.23. The van der Waals surface area contributed by atoms with Crippen molar-refractivity contribution in [2.24, 2.45) is 5.73 Å². The summed E-state index contributed by atoms with van der Waals surface area (Å²) in [6, 6.07) is 0. The predicted molar refractivity (Wildman–Crippen MR) is 40.0 cm³/mol. The lowest BCUT2D eigenvalue weighted by Gasteiger charge is -2.24. The normalized spacial score (nSPS) is 14.8. The summed E-state index contributed by atoms with van der Waals surface area (Å²) in [6.07, 6.45) is -0.998. The summed E-state index contributed by atoms with van der Waals surface area (Å²) in [6.45, 7) is 0.518. The molecule has 0 amide bonds. The van der Waals surface area contributed by atoms with E-state index in [-0.39, 0.29) is 0 Å². The molecule has 0 aromatic carbocycles. The van der Waals surface area contributed by atoms with Gasteiger partial charge in [0.25, 0.3) is 0 Å². The van der Waals surface area contributed by atoms with Gasteiger partial charge in [-0.25, -0.2) is 4.57 Å². The molecule has 0 aliphatic rings. The molecule has 0 spiro atoms. The summed E-state index contributed by atoms with van der Waals surface area (Å²) in [7, 11) is -4.56. The van der Waals surface area contributed by atoms with Crippen LogP contribution in [0.4, 0.5) is 0 Å². The fraction of sp³-hybridized carbons (Fsp3) is 0.750. The van der Waals surface area contributed by atoms with Gasteiger partial charge in [-0.2, -0.15) is 4.67 Å². The van der Waals surface area contributed by atoms with E-state index in [9.17, 15) is 9.36 Å². The Balaban J connectivity index is 4.46. The first kappa shape index (κ1) is 11.5. The number of nitrogens with zero attached hydrogens (tertiary/aromatic N) is 1. The number of carbonyl (C=O) groups is 1. The zero-order valence-electron chi connectivity index (χ0n) is 6.41. The number of carboxylic acid groups (broad SMARTS) is 1. The highest BCUT2D eigenvalue weighted by atomic mass is 31.2. The number of hydrogen-bond acceptors (Lipinski definition) is 3. The van der Waals surface area contributed by atoms with Gasteiger partial charge in [0.1, 0.15) is 6.54 Å².